The average molecular weight is 189 g/mol. The van der Waals surface area contributed by atoms with E-state index < -0.39 is 0 Å². The Morgan fingerprint density at radius 1 is 1.29 bits per heavy atom. The van der Waals surface area contributed by atoms with E-state index >= 15 is 0 Å². The van der Waals surface area contributed by atoms with Crippen LogP contribution in [-0.2, 0) is 6.42 Å². The summed E-state index contributed by atoms with van der Waals surface area (Å²) < 4.78 is 0. The third kappa shape index (κ3) is 1.52. The van der Waals surface area contributed by atoms with Crippen LogP contribution >= 0.6 is 0 Å². The first kappa shape index (κ1) is 9.57. The van der Waals surface area contributed by atoms with Gasteiger partial charge in [-0.15, -0.1) is 0 Å². The largest absolute Gasteiger partial charge is 0.381 e. The van der Waals surface area contributed by atoms with Crippen LogP contribution in [0.15, 0.2) is 18.2 Å². The van der Waals surface area contributed by atoms with E-state index in [1.54, 1.807) is 0 Å². The summed E-state index contributed by atoms with van der Waals surface area (Å²) in [6.45, 7) is 9.07. The van der Waals surface area contributed by atoms with Crippen LogP contribution in [-0.4, -0.2) is 6.04 Å². The highest BCUT2D eigenvalue weighted by Crippen LogP contribution is 2.35. The van der Waals surface area contributed by atoms with Crippen molar-refractivity contribution in [1.29, 1.82) is 0 Å². The minimum absolute atomic E-state index is 0.339. The Labute approximate surface area is 86.5 Å². The van der Waals surface area contributed by atoms with Gasteiger partial charge >= 0.3 is 0 Å². The SMILES string of the molecule is Cc1cccc2c1NC(C(C)(C)C)C2. The summed E-state index contributed by atoms with van der Waals surface area (Å²) >= 11 is 0. The molecule has 0 saturated carbocycles. The topological polar surface area (TPSA) is 12.0 Å². The molecule has 1 heteroatoms. The smallest absolute Gasteiger partial charge is 0.0405 e. The lowest BCUT2D eigenvalue weighted by atomic mass is 9.85. The van der Waals surface area contributed by atoms with Gasteiger partial charge in [0.05, 0.1) is 0 Å². The zero-order valence-corrected chi connectivity index (χ0v) is 9.52. The van der Waals surface area contributed by atoms with E-state index in [0.717, 1.165) is 0 Å². The molecule has 0 aliphatic carbocycles. The summed E-state index contributed by atoms with van der Waals surface area (Å²) in [6.07, 6.45) is 1.17. The van der Waals surface area contributed by atoms with Crippen molar-refractivity contribution in [3.8, 4) is 0 Å². The van der Waals surface area contributed by atoms with Gasteiger partial charge in [-0.3, -0.25) is 0 Å². The molecule has 1 aliphatic heterocycles. The molecule has 1 aromatic carbocycles. The molecule has 1 atom stereocenters. The fraction of sp³-hybridized carbons (Fsp3) is 0.538. The second-order valence-corrected chi connectivity index (χ2v) is 5.38. The van der Waals surface area contributed by atoms with Gasteiger partial charge in [0, 0.05) is 11.7 Å². The van der Waals surface area contributed by atoms with E-state index in [-0.39, 0.29) is 0 Å². The Hall–Kier alpha value is -0.980. The van der Waals surface area contributed by atoms with Gasteiger partial charge in [-0.05, 0) is 29.9 Å². The van der Waals surface area contributed by atoms with Crippen molar-refractivity contribution in [1.82, 2.24) is 0 Å². The van der Waals surface area contributed by atoms with Crippen molar-refractivity contribution in [2.45, 2.75) is 40.2 Å². The van der Waals surface area contributed by atoms with Gasteiger partial charge < -0.3 is 5.32 Å². The highest BCUT2D eigenvalue weighted by molar-refractivity contribution is 5.62. The lowest BCUT2D eigenvalue weighted by Crippen LogP contribution is -2.31. The molecule has 1 unspecified atom stereocenters. The first-order valence-electron chi connectivity index (χ1n) is 5.33. The van der Waals surface area contributed by atoms with Gasteiger partial charge in [0.1, 0.15) is 0 Å². The summed E-state index contributed by atoms with van der Waals surface area (Å²) in [6, 6.07) is 7.15. The summed E-state index contributed by atoms with van der Waals surface area (Å²) in [7, 11) is 0. The zero-order chi connectivity index (χ0) is 10.3. The van der Waals surface area contributed by atoms with Gasteiger partial charge in [0.15, 0.2) is 0 Å². The number of rotatable bonds is 0. The Kier molecular flexibility index (Phi) is 2.06. The van der Waals surface area contributed by atoms with Crippen molar-refractivity contribution in [3.05, 3.63) is 29.3 Å². The molecule has 2 rings (SSSR count). The van der Waals surface area contributed by atoms with Gasteiger partial charge in [-0.2, -0.15) is 0 Å². The van der Waals surface area contributed by atoms with Gasteiger partial charge in [0.25, 0.3) is 0 Å². The minimum Gasteiger partial charge on any atom is -0.381 e. The molecular weight excluding hydrogens is 170 g/mol. The van der Waals surface area contributed by atoms with Crippen LogP contribution in [0.25, 0.3) is 0 Å². The molecule has 1 nitrogen and oxygen atoms in total. The molecule has 76 valence electrons. The monoisotopic (exact) mass is 189 g/mol. The normalized spacial score (nSPS) is 20.4. The van der Waals surface area contributed by atoms with E-state index in [1.165, 1.54) is 23.2 Å². The average Bonchev–Trinajstić information content (AvgIpc) is 2.48. The zero-order valence-electron chi connectivity index (χ0n) is 9.52. The predicted octanol–water partition coefficient (Wildman–Crippen LogP) is 3.38. The van der Waals surface area contributed by atoms with E-state index in [2.05, 4.69) is 51.2 Å². The number of aryl methyl sites for hydroxylation is 1. The highest BCUT2D eigenvalue weighted by atomic mass is 15.0. The van der Waals surface area contributed by atoms with Crippen LogP contribution in [0.5, 0.6) is 0 Å². The summed E-state index contributed by atoms with van der Waals surface area (Å²) in [4.78, 5) is 0. The molecule has 1 heterocycles. The Balaban J connectivity index is 2.31. The Morgan fingerprint density at radius 2 is 2.00 bits per heavy atom. The minimum atomic E-state index is 0.339. The van der Waals surface area contributed by atoms with Crippen molar-refractivity contribution in [2.24, 2.45) is 5.41 Å². The van der Waals surface area contributed by atoms with E-state index in [9.17, 15) is 0 Å². The highest BCUT2D eigenvalue weighted by Gasteiger charge is 2.30. The Morgan fingerprint density at radius 3 is 2.57 bits per heavy atom. The molecule has 0 bridgehead atoms. The molecule has 0 spiro atoms. The standard InChI is InChI=1S/C13H19N/c1-9-6-5-7-10-8-11(13(2,3)4)14-12(9)10/h5-7,11,14H,8H2,1-4H3. The fourth-order valence-electron chi connectivity index (χ4n) is 2.07. The van der Waals surface area contributed by atoms with Crippen LogP contribution in [0.3, 0.4) is 0 Å². The van der Waals surface area contributed by atoms with Gasteiger partial charge in [0.2, 0.25) is 0 Å². The van der Waals surface area contributed by atoms with Crippen LogP contribution in [0.4, 0.5) is 5.69 Å². The first-order valence-corrected chi connectivity index (χ1v) is 5.33. The van der Waals surface area contributed by atoms with Crippen LogP contribution in [0.2, 0.25) is 0 Å². The fourth-order valence-corrected chi connectivity index (χ4v) is 2.07. The van der Waals surface area contributed by atoms with Crippen LogP contribution < -0.4 is 5.32 Å². The van der Waals surface area contributed by atoms with Crippen molar-refractivity contribution < 1.29 is 0 Å². The molecule has 1 N–H and O–H groups in total. The lowest BCUT2D eigenvalue weighted by Gasteiger charge is -2.27. The maximum atomic E-state index is 3.64. The summed E-state index contributed by atoms with van der Waals surface area (Å²) in [5.74, 6) is 0. The van der Waals surface area contributed by atoms with Crippen molar-refractivity contribution in [3.63, 3.8) is 0 Å². The second-order valence-electron chi connectivity index (χ2n) is 5.38. The van der Waals surface area contributed by atoms with Crippen LogP contribution in [0.1, 0.15) is 31.9 Å². The van der Waals surface area contributed by atoms with Crippen LogP contribution in [0, 0.1) is 12.3 Å². The van der Waals surface area contributed by atoms with Gasteiger partial charge in [-0.25, -0.2) is 0 Å². The van der Waals surface area contributed by atoms with E-state index in [4.69, 9.17) is 0 Å². The summed E-state index contributed by atoms with van der Waals surface area (Å²) in [5.41, 5.74) is 4.55. The lowest BCUT2D eigenvalue weighted by molar-refractivity contribution is 0.347. The molecule has 1 aliphatic rings. The molecule has 14 heavy (non-hydrogen) atoms. The molecule has 0 radical (unpaired) electrons. The van der Waals surface area contributed by atoms with Crippen molar-refractivity contribution in [2.75, 3.05) is 5.32 Å². The number of para-hydroxylation sites is 1. The molecule has 0 amide bonds. The molecule has 1 aromatic rings. The maximum absolute atomic E-state index is 3.64. The maximum Gasteiger partial charge on any atom is 0.0405 e. The summed E-state index contributed by atoms with van der Waals surface area (Å²) in [5, 5.41) is 3.64. The molecule has 0 fully saturated rings. The second kappa shape index (κ2) is 3.01. The third-order valence-corrected chi connectivity index (χ3v) is 3.15. The van der Waals surface area contributed by atoms with E-state index in [0.29, 0.717) is 11.5 Å². The quantitative estimate of drug-likeness (QED) is 0.659. The van der Waals surface area contributed by atoms with Crippen molar-refractivity contribution >= 4 is 5.69 Å². The number of hydrogen-bond donors (Lipinski definition) is 1. The number of benzene rings is 1. The predicted molar refractivity (Wildman–Crippen MR) is 61.7 cm³/mol. The number of fused-ring (bicyclic) bond motifs is 1. The molecule has 0 aromatic heterocycles. The molecular formula is C13H19N. The number of anilines is 1. The number of hydrogen-bond acceptors (Lipinski definition) is 1. The van der Waals surface area contributed by atoms with E-state index in [1.807, 2.05) is 0 Å². The molecule has 0 saturated heterocycles. The number of nitrogens with one attached hydrogen (secondary N) is 1. The first-order chi connectivity index (χ1) is 6.48. The van der Waals surface area contributed by atoms with Gasteiger partial charge in [-0.1, -0.05) is 39.0 Å². The third-order valence-electron chi connectivity index (χ3n) is 3.15. The Bertz CT molecular complexity index is 347.